The molecule has 2 saturated carbocycles. The molecule has 0 spiro atoms. The van der Waals surface area contributed by atoms with Gasteiger partial charge in [0.15, 0.2) is 0 Å². The Morgan fingerprint density at radius 1 is 1.16 bits per heavy atom. The first-order valence-corrected chi connectivity index (χ1v) is 9.04. The maximum atomic E-state index is 12.0. The topological polar surface area (TPSA) is 55.8 Å². The summed E-state index contributed by atoms with van der Waals surface area (Å²) in [4.78, 5) is 9.87. The second-order valence-electron chi connectivity index (χ2n) is 6.53. The van der Waals surface area contributed by atoms with Crippen molar-refractivity contribution in [3.8, 4) is 0 Å². The fourth-order valence-electron chi connectivity index (χ4n) is 3.54. The van der Waals surface area contributed by atoms with Crippen molar-refractivity contribution in [1.29, 1.82) is 0 Å². The van der Waals surface area contributed by atoms with Gasteiger partial charge in [0.25, 0.3) is 0 Å². The first kappa shape index (κ1) is 15.5. The van der Waals surface area contributed by atoms with Crippen LogP contribution in [0.1, 0.15) is 52.9 Å². The van der Waals surface area contributed by atoms with Crippen molar-refractivity contribution >= 4 is 7.82 Å². The molecule has 19 heavy (non-hydrogen) atoms. The third-order valence-electron chi connectivity index (χ3n) is 4.92. The third kappa shape index (κ3) is 4.04. The fourth-order valence-corrected chi connectivity index (χ4v) is 4.71. The minimum absolute atomic E-state index is 0.158. The summed E-state index contributed by atoms with van der Waals surface area (Å²) in [7, 11) is -3.90. The van der Waals surface area contributed by atoms with E-state index < -0.39 is 7.82 Å². The van der Waals surface area contributed by atoms with Crippen LogP contribution in [0, 0.1) is 23.7 Å². The van der Waals surface area contributed by atoms with Gasteiger partial charge in [0.05, 0.1) is 12.7 Å². The van der Waals surface area contributed by atoms with Crippen LogP contribution in [0.2, 0.25) is 0 Å². The molecule has 0 amide bonds. The highest BCUT2D eigenvalue weighted by Crippen LogP contribution is 2.51. The molecule has 0 aromatic rings. The second-order valence-corrected chi connectivity index (χ2v) is 7.94. The van der Waals surface area contributed by atoms with E-state index in [9.17, 15) is 9.46 Å². The van der Waals surface area contributed by atoms with Crippen molar-refractivity contribution in [2.45, 2.75) is 59.0 Å². The summed E-state index contributed by atoms with van der Waals surface area (Å²) in [6, 6.07) is 0. The van der Waals surface area contributed by atoms with Crippen LogP contribution in [-0.2, 0) is 13.6 Å². The summed E-state index contributed by atoms with van der Waals surface area (Å²) in [5, 5.41) is 0. The summed E-state index contributed by atoms with van der Waals surface area (Å²) >= 11 is 0. The molecular weight excluding hydrogens is 263 g/mol. The van der Waals surface area contributed by atoms with Gasteiger partial charge in [-0.25, -0.2) is 4.57 Å². The van der Waals surface area contributed by atoms with Gasteiger partial charge in [0.2, 0.25) is 0 Å². The SMILES string of the molecule is CC1C[C@@H](C)[C@@H](C)C1OP(=O)(O)OCC1CCCC1. The van der Waals surface area contributed by atoms with Crippen LogP contribution >= 0.6 is 7.82 Å². The molecule has 0 aromatic heterocycles. The Kier molecular flexibility index (Phi) is 5.10. The van der Waals surface area contributed by atoms with Gasteiger partial charge >= 0.3 is 7.82 Å². The van der Waals surface area contributed by atoms with E-state index in [1.165, 1.54) is 12.8 Å². The van der Waals surface area contributed by atoms with Crippen molar-refractivity contribution in [3.63, 3.8) is 0 Å². The molecule has 5 atom stereocenters. The Morgan fingerprint density at radius 3 is 2.32 bits per heavy atom. The zero-order valence-corrected chi connectivity index (χ0v) is 13.1. The average Bonchev–Trinajstić information content (AvgIpc) is 2.92. The molecule has 2 aliphatic rings. The lowest BCUT2D eigenvalue weighted by molar-refractivity contribution is 0.0570. The monoisotopic (exact) mass is 290 g/mol. The summed E-state index contributed by atoms with van der Waals surface area (Å²) in [5.41, 5.74) is 0. The number of hydrogen-bond donors (Lipinski definition) is 1. The van der Waals surface area contributed by atoms with E-state index in [1.54, 1.807) is 0 Å². The van der Waals surface area contributed by atoms with Crippen LogP contribution in [0.5, 0.6) is 0 Å². The van der Waals surface area contributed by atoms with E-state index in [1.807, 2.05) is 0 Å². The van der Waals surface area contributed by atoms with Gasteiger partial charge in [-0.15, -0.1) is 0 Å². The van der Waals surface area contributed by atoms with Crippen molar-refractivity contribution in [1.82, 2.24) is 0 Å². The molecular formula is C14H27O4P. The molecule has 2 aliphatic carbocycles. The number of phosphoric acid groups is 1. The van der Waals surface area contributed by atoms with E-state index in [-0.39, 0.29) is 6.10 Å². The molecule has 5 heteroatoms. The minimum Gasteiger partial charge on any atom is -0.302 e. The van der Waals surface area contributed by atoms with Gasteiger partial charge in [0.1, 0.15) is 0 Å². The van der Waals surface area contributed by atoms with E-state index in [2.05, 4.69) is 20.8 Å². The Labute approximate surface area is 116 Å². The van der Waals surface area contributed by atoms with Gasteiger partial charge in [-0.1, -0.05) is 33.6 Å². The van der Waals surface area contributed by atoms with Crippen molar-refractivity contribution < 1.29 is 18.5 Å². The first-order valence-electron chi connectivity index (χ1n) is 7.55. The summed E-state index contributed by atoms with van der Waals surface area (Å²) in [6.07, 6.45) is 5.52. The highest BCUT2D eigenvalue weighted by molar-refractivity contribution is 7.47. The molecule has 2 fully saturated rings. The molecule has 0 saturated heterocycles. The lowest BCUT2D eigenvalue weighted by atomic mass is 9.99. The van der Waals surface area contributed by atoms with Gasteiger partial charge in [-0.3, -0.25) is 9.05 Å². The number of rotatable bonds is 5. The summed E-state index contributed by atoms with van der Waals surface area (Å²) < 4.78 is 22.7. The van der Waals surface area contributed by atoms with E-state index in [0.717, 1.165) is 19.3 Å². The third-order valence-corrected chi connectivity index (χ3v) is 5.91. The van der Waals surface area contributed by atoms with Crippen LogP contribution in [0.25, 0.3) is 0 Å². The van der Waals surface area contributed by atoms with Gasteiger partial charge in [-0.2, -0.15) is 0 Å². The highest BCUT2D eigenvalue weighted by Gasteiger charge is 2.41. The predicted molar refractivity (Wildman–Crippen MR) is 74.7 cm³/mol. The molecule has 4 nitrogen and oxygen atoms in total. The molecule has 0 aromatic carbocycles. The molecule has 0 radical (unpaired) electrons. The minimum atomic E-state index is -3.90. The van der Waals surface area contributed by atoms with Crippen molar-refractivity contribution in [2.75, 3.05) is 6.61 Å². The molecule has 0 heterocycles. The Morgan fingerprint density at radius 2 is 1.79 bits per heavy atom. The van der Waals surface area contributed by atoms with Gasteiger partial charge < -0.3 is 4.89 Å². The van der Waals surface area contributed by atoms with Crippen LogP contribution in [0.3, 0.4) is 0 Å². The Bertz CT molecular complexity index is 340. The Balaban J connectivity index is 1.84. The maximum Gasteiger partial charge on any atom is 0.472 e. The predicted octanol–water partition coefficient (Wildman–Crippen LogP) is 3.99. The molecule has 0 aliphatic heterocycles. The standard InChI is InChI=1S/C14H27O4P/c1-10-8-11(2)14(12(10)3)18-19(15,16)17-9-13-6-4-5-7-13/h10-14H,4-9H2,1-3H3,(H,15,16)/t10-,11?,12-,14?/m1/s1. The van der Waals surface area contributed by atoms with E-state index >= 15 is 0 Å². The Hall–Kier alpha value is 0.110. The normalized spacial score (nSPS) is 39.6. The summed E-state index contributed by atoms with van der Waals surface area (Å²) in [5.74, 6) is 1.60. The largest absolute Gasteiger partial charge is 0.472 e. The zero-order chi connectivity index (χ0) is 14.0. The van der Waals surface area contributed by atoms with Crippen LogP contribution in [0.4, 0.5) is 0 Å². The van der Waals surface area contributed by atoms with Gasteiger partial charge in [-0.05, 0) is 42.9 Å². The van der Waals surface area contributed by atoms with Crippen LogP contribution in [0.15, 0.2) is 0 Å². The lowest BCUT2D eigenvalue weighted by Gasteiger charge is -2.24. The van der Waals surface area contributed by atoms with E-state index in [0.29, 0.717) is 30.3 Å². The number of hydrogen-bond acceptors (Lipinski definition) is 3. The first-order chi connectivity index (χ1) is 8.89. The molecule has 0 bridgehead atoms. The van der Waals surface area contributed by atoms with Crippen LogP contribution < -0.4 is 0 Å². The van der Waals surface area contributed by atoms with Crippen molar-refractivity contribution in [2.24, 2.45) is 23.7 Å². The lowest BCUT2D eigenvalue weighted by Crippen LogP contribution is -2.22. The molecule has 3 unspecified atom stereocenters. The quantitative estimate of drug-likeness (QED) is 0.778. The highest BCUT2D eigenvalue weighted by atomic mass is 31.2. The van der Waals surface area contributed by atoms with Crippen molar-refractivity contribution in [3.05, 3.63) is 0 Å². The number of phosphoric ester groups is 1. The van der Waals surface area contributed by atoms with Gasteiger partial charge in [0, 0.05) is 0 Å². The fraction of sp³-hybridized carbons (Fsp3) is 1.00. The zero-order valence-electron chi connectivity index (χ0n) is 12.2. The molecule has 2 rings (SSSR count). The van der Waals surface area contributed by atoms with E-state index in [4.69, 9.17) is 9.05 Å². The summed E-state index contributed by atoms with van der Waals surface area (Å²) in [6.45, 7) is 6.71. The molecule has 112 valence electrons. The maximum absolute atomic E-state index is 12.0. The average molecular weight is 290 g/mol. The second kappa shape index (κ2) is 6.26. The van der Waals surface area contributed by atoms with Crippen LogP contribution in [-0.4, -0.2) is 17.6 Å². The smallest absolute Gasteiger partial charge is 0.302 e. The molecule has 1 N–H and O–H groups in total.